The van der Waals surface area contributed by atoms with E-state index in [0.29, 0.717) is 18.4 Å². The first kappa shape index (κ1) is 49.5. The van der Waals surface area contributed by atoms with E-state index in [1.54, 1.807) is 6.20 Å². The fourth-order valence-electron chi connectivity index (χ4n) is 5.21. The van der Waals surface area contributed by atoms with Crippen LogP contribution in [0.2, 0.25) is 0 Å². The lowest BCUT2D eigenvalue weighted by atomic mass is 10.1. The molecule has 55 heavy (non-hydrogen) atoms. The number of allylic oxidation sites excluding steroid dienone is 1. The van der Waals surface area contributed by atoms with E-state index in [1.807, 2.05) is 72.4 Å². The largest absolute Gasteiger partial charge is 0.369 e. The fourth-order valence-corrected chi connectivity index (χ4v) is 5.21. The Bertz CT molecular complexity index is 1870. The minimum Gasteiger partial charge on any atom is -0.369 e. The molecule has 0 bridgehead atoms. The zero-order chi connectivity index (χ0) is 37.2. The van der Waals surface area contributed by atoms with Crippen LogP contribution in [0.1, 0.15) is 94.4 Å². The zero-order valence-corrected chi connectivity index (χ0v) is 32.9. The lowest BCUT2D eigenvalue weighted by Gasteiger charge is -2.01. The topological polar surface area (TPSA) is 189 Å². The van der Waals surface area contributed by atoms with Crippen molar-refractivity contribution in [3.8, 4) is 12.3 Å². The molecule has 0 radical (unpaired) electrons. The number of aromatic amines is 2. The molecule has 3 heterocycles. The third kappa shape index (κ3) is 22.4. The van der Waals surface area contributed by atoms with E-state index >= 15 is 0 Å². The molecule has 0 aliphatic heterocycles. The smallest absolute Gasteiger partial charge is 0.197 e. The van der Waals surface area contributed by atoms with Crippen LogP contribution in [-0.2, 0) is 25.8 Å². The average molecular weight is 790 g/mol. The van der Waals surface area contributed by atoms with E-state index in [4.69, 9.17) is 23.4 Å². The van der Waals surface area contributed by atoms with Crippen molar-refractivity contribution in [2.75, 3.05) is 18.0 Å². The second kappa shape index (κ2) is 29.9. The van der Waals surface area contributed by atoms with E-state index in [0.717, 1.165) is 92.6 Å². The molecule has 0 spiro atoms. The highest BCUT2D eigenvalue weighted by atomic mass is 35.5. The highest BCUT2D eigenvalue weighted by molar-refractivity contribution is 5.85. The monoisotopic (exact) mass is 788 g/mol. The molecule has 0 aliphatic rings. The maximum absolute atomic E-state index is 8.11. The Morgan fingerprint density at radius 2 is 1.31 bits per heavy atom. The Kier molecular flexibility index (Phi) is 26.9. The predicted molar refractivity (Wildman–Crippen MR) is 234 cm³/mol. The number of halogens is 2. The molecule has 0 aliphatic carbocycles. The molecule has 6 N–H and O–H groups in total. The average Bonchev–Trinajstić information content (AvgIpc) is 3.89. The van der Waals surface area contributed by atoms with Crippen molar-refractivity contribution in [3.05, 3.63) is 129 Å². The van der Waals surface area contributed by atoms with E-state index in [1.165, 1.54) is 17.6 Å². The van der Waals surface area contributed by atoms with Crippen LogP contribution in [0.15, 0.2) is 95.5 Å². The Labute approximate surface area is 339 Å². The van der Waals surface area contributed by atoms with Gasteiger partial charge in [-0.15, -0.1) is 42.3 Å². The van der Waals surface area contributed by atoms with Crippen LogP contribution in [0.25, 0.3) is 22.6 Å². The number of nitrogens with one attached hydrogen (secondary N) is 2. The van der Waals surface area contributed by atoms with Crippen LogP contribution in [0.5, 0.6) is 0 Å². The summed E-state index contributed by atoms with van der Waals surface area (Å²) in [5, 5.41) is 12.0. The summed E-state index contributed by atoms with van der Waals surface area (Å²) in [4.78, 5) is 16.7. The van der Waals surface area contributed by atoms with Crippen molar-refractivity contribution >= 4 is 48.9 Å². The molecule has 0 saturated carbocycles. The molecule has 5 rings (SSSR count). The summed E-state index contributed by atoms with van der Waals surface area (Å²) >= 11 is 0. The molecule has 12 nitrogen and oxygen atoms in total. The number of aryl methyl sites for hydroxylation is 3. The summed E-state index contributed by atoms with van der Waals surface area (Å²) in [5.74, 6) is 3.62. The van der Waals surface area contributed by atoms with Gasteiger partial charge < -0.3 is 21.4 Å². The summed E-state index contributed by atoms with van der Waals surface area (Å²) in [5.41, 5.74) is 27.1. The number of benzene rings is 2. The summed E-state index contributed by atoms with van der Waals surface area (Å²) in [6.45, 7) is 5.27. The van der Waals surface area contributed by atoms with E-state index in [9.17, 15) is 0 Å². The number of nitrogen functional groups attached to an aromatic ring is 2. The number of azide groups is 1. The number of imidazole rings is 2. The minimum absolute atomic E-state index is 0. The second-order valence-electron chi connectivity index (χ2n) is 12.5. The van der Waals surface area contributed by atoms with Crippen LogP contribution in [0.3, 0.4) is 0 Å². The molecule has 3 aromatic heterocycles. The quantitative estimate of drug-likeness (QED) is 0.0238. The molecule has 2 aromatic carbocycles. The first-order chi connectivity index (χ1) is 25.3. The summed E-state index contributed by atoms with van der Waals surface area (Å²) in [6, 6.07) is 20.3. The fraction of sp³-hybridized carbons (Fsp3) is 0.366. The number of terminal acetylenes is 1. The van der Waals surface area contributed by atoms with E-state index in [-0.39, 0.29) is 32.2 Å². The van der Waals surface area contributed by atoms with Crippen LogP contribution >= 0.6 is 24.8 Å². The normalized spacial score (nSPS) is 10.4. The first-order valence-electron chi connectivity index (χ1n) is 17.7. The number of H-pyrrole nitrogens is 2. The summed E-state index contributed by atoms with van der Waals surface area (Å²) in [6.07, 6.45) is 25.6. The number of hydrogen-bond acceptors (Lipinski definition) is 7. The lowest BCUT2D eigenvalue weighted by Crippen LogP contribution is -1.99. The maximum atomic E-state index is 8.11. The van der Waals surface area contributed by atoms with E-state index < -0.39 is 0 Å². The number of anilines is 2. The Morgan fingerprint density at radius 1 is 0.800 bits per heavy atom. The van der Waals surface area contributed by atoms with Gasteiger partial charge in [-0.3, -0.25) is 0 Å². The molecular formula is C41H58Cl2N12. The Morgan fingerprint density at radius 3 is 1.80 bits per heavy atom. The third-order valence-electron chi connectivity index (χ3n) is 7.75. The molecule has 0 atom stereocenters. The molecule has 0 fully saturated rings. The molecule has 0 saturated heterocycles. The molecular weight excluding hydrogens is 731 g/mol. The number of nitrogens with zero attached hydrogens (tertiary/aromatic N) is 8. The van der Waals surface area contributed by atoms with Crippen molar-refractivity contribution in [1.29, 1.82) is 0 Å². The maximum Gasteiger partial charge on any atom is 0.197 e. The molecule has 0 amide bonds. The summed E-state index contributed by atoms with van der Waals surface area (Å²) < 4.78 is 1.91. The van der Waals surface area contributed by atoms with Gasteiger partial charge in [0.2, 0.25) is 0 Å². The third-order valence-corrected chi connectivity index (χ3v) is 7.75. The van der Waals surface area contributed by atoms with Crippen LogP contribution in [-0.4, -0.2) is 41.5 Å². The van der Waals surface area contributed by atoms with Gasteiger partial charge in [-0.05, 0) is 75.5 Å². The van der Waals surface area contributed by atoms with Crippen LogP contribution < -0.4 is 11.5 Å². The lowest BCUT2D eigenvalue weighted by molar-refractivity contribution is 0.642. The van der Waals surface area contributed by atoms with Gasteiger partial charge in [0, 0.05) is 35.5 Å². The predicted octanol–water partition coefficient (Wildman–Crippen LogP) is 10.3. The number of aromatic nitrogens is 7. The van der Waals surface area contributed by atoms with Crippen LogP contribution in [0, 0.1) is 12.3 Å². The number of nitrogens with two attached hydrogens (primary N) is 2. The van der Waals surface area contributed by atoms with Gasteiger partial charge in [0.1, 0.15) is 0 Å². The van der Waals surface area contributed by atoms with Crippen molar-refractivity contribution in [2.24, 2.45) is 5.11 Å². The van der Waals surface area contributed by atoms with Gasteiger partial charge in [0.25, 0.3) is 0 Å². The van der Waals surface area contributed by atoms with Gasteiger partial charge in [0.15, 0.2) is 11.9 Å². The molecule has 296 valence electrons. The van der Waals surface area contributed by atoms with Gasteiger partial charge in [-0.2, -0.15) is 0 Å². The van der Waals surface area contributed by atoms with Crippen molar-refractivity contribution < 1.29 is 0 Å². The van der Waals surface area contributed by atoms with Gasteiger partial charge >= 0.3 is 0 Å². The van der Waals surface area contributed by atoms with Gasteiger partial charge in [-0.1, -0.05) is 115 Å². The highest BCUT2D eigenvalue weighted by Crippen LogP contribution is 2.11. The number of unbranched alkanes of at least 4 members (excludes halogenated alkanes) is 5. The van der Waals surface area contributed by atoms with Gasteiger partial charge in [0.05, 0.1) is 24.6 Å². The first-order valence-corrected chi connectivity index (χ1v) is 17.7. The molecule has 14 heteroatoms. The SMILES string of the molecule is C.C#CCCCCCc1cnc(N)[nH]1.C/C(=C\c1ccccc1)CN=[N+]=[N-].C/C(=C\c1ccccc1)Cn1cc(CCCCCc2cnc(N)[nH]2)nn1.Cl.Cl. The Balaban J connectivity index is 0.000000856. The van der Waals surface area contributed by atoms with Crippen molar-refractivity contribution in [3.63, 3.8) is 0 Å². The second-order valence-corrected chi connectivity index (χ2v) is 12.5. The summed E-state index contributed by atoms with van der Waals surface area (Å²) in [7, 11) is 0. The minimum atomic E-state index is 0. The molecule has 0 unspecified atom stereocenters. The van der Waals surface area contributed by atoms with Crippen molar-refractivity contribution in [2.45, 2.75) is 92.0 Å². The van der Waals surface area contributed by atoms with Crippen molar-refractivity contribution in [1.82, 2.24) is 34.9 Å². The zero-order valence-electron chi connectivity index (χ0n) is 31.3. The van der Waals surface area contributed by atoms with E-state index in [2.05, 4.69) is 77.5 Å². The number of hydrogen-bond donors (Lipinski definition) is 4. The van der Waals surface area contributed by atoms with Crippen LogP contribution in [0.4, 0.5) is 11.9 Å². The molecule has 5 aromatic rings. The standard InChI is InChI=1S/C20H26N6.C10H11N3.C10H15N3.CH4.2ClH/c1-16(12-17-8-4-2-5-9-17)14-26-15-19(24-25-26)11-7-3-6-10-18-13-22-20(21)23-18;1-9(8-12-13-11)7-10-5-3-2-4-6-10;1-2-3-4-5-6-7-9-8-12-10(11)13-9;;;/h2,4-5,8-9,12-13,15H,3,6-7,10-11,14H2,1H3,(H3,21,22,23);2-7H,8H2,1H3;1,8H,3-7H2,(H3,11,12,13);1H4;2*1H/b16-12+;9-7+;;;;. The highest BCUT2D eigenvalue weighted by Gasteiger charge is 2.03. The number of rotatable bonds is 17. The Hall–Kier alpha value is -5.47. The van der Waals surface area contributed by atoms with Gasteiger partial charge in [-0.25, -0.2) is 14.6 Å².